The summed E-state index contributed by atoms with van der Waals surface area (Å²) in [7, 11) is 1.42. The largest absolute Gasteiger partial charge is 0.507 e. The molecule has 6 aliphatic rings. The van der Waals surface area contributed by atoms with Crippen molar-refractivity contribution in [1.29, 1.82) is 0 Å². The molecule has 5 aliphatic heterocycles. The van der Waals surface area contributed by atoms with Crippen LogP contribution in [0.25, 0.3) is 0 Å². The van der Waals surface area contributed by atoms with Crippen molar-refractivity contribution in [1.82, 2.24) is 24.7 Å². The number of aliphatic hydroxyl groups excluding tert-OH is 2. The molecule has 1 aliphatic carbocycles. The zero-order chi connectivity index (χ0) is 55.8. The summed E-state index contributed by atoms with van der Waals surface area (Å²) in [6.45, 7) is 15.0. The number of aromatic hydroxyl groups is 1. The van der Waals surface area contributed by atoms with Gasteiger partial charge in [-0.3, -0.25) is 33.4 Å². The number of imidazole rings is 1. The Hall–Kier alpha value is -7.24. The molecule has 1 fully saturated rings. The Bertz CT molecular complexity index is 2960. The number of hydrogen-bond acceptors (Lipinski definition) is 19. The quantitative estimate of drug-likeness (QED) is 0.126. The highest BCUT2D eigenvalue weighted by Crippen LogP contribution is 2.49. The van der Waals surface area contributed by atoms with Gasteiger partial charge in [0.15, 0.2) is 0 Å². The molecule has 6 heterocycles. The maximum Gasteiger partial charge on any atom is 0.414 e. The standard InChI is InChI=1S/C55H66N6O16/c1-28-11-10-12-29(2)53(69)57-43-44(59-20-18-58(19-21-59)23-35-13-15-36(16-14-35)26-73-37-24-60-25-39(61(70)71)56-54(60)74-27-37)49(67)40-41(48(43)66)47(65)33(6)51-42(40)52(68)55(8,77-51)75-22-17-38(72-9)30(3)50(76-34(7)62)32(5)46(64)31(4)45(28)63/h10-17,22,25,28,30-32,37-38,45-46,50,63-65H,18-21,23-24,26-27H2,1-9H3,(H,57,69)/b11-10+,22-17+,29-12-/t28-,30+,31+,32+,37?,38-,45-,46+,50+,55-/m0/s1. The Balaban J connectivity index is 1.06. The van der Waals surface area contributed by atoms with Crippen LogP contribution in [0.5, 0.6) is 17.5 Å². The van der Waals surface area contributed by atoms with Crippen molar-refractivity contribution >= 4 is 35.0 Å². The number of Topliss-reactive ketones (excluding diaryl/α,β-unsaturated/α-hetero) is 3. The number of nitrogens with zero attached hydrogens (tertiary/aromatic N) is 5. The summed E-state index contributed by atoms with van der Waals surface area (Å²) in [6.07, 6.45) is 4.28. The molecule has 1 aromatic heterocycles. The van der Waals surface area contributed by atoms with E-state index in [2.05, 4.69) is 15.2 Å². The van der Waals surface area contributed by atoms with Gasteiger partial charge in [-0.25, -0.2) is 0 Å². The SMILES string of the molecule is CO[C@H]1/C=C/O[C@@]2(C)Oc3c(C)c(O)c4c(c3C2=O)C(=O)C(N2CCN(Cc3ccc(COC5COc6nc([N+](=O)[O-])cn6C5)cc3)CC2)=C(NC(=O)/C(C)=C\C=C\[C@H](C)[C@H](O)[C@@H](C)[C@@H](O)[C@@H](C)[C@H](OC(C)=O)[C@@H]1C)C4=O. The second-order valence-electron chi connectivity index (χ2n) is 20.6. The maximum absolute atomic E-state index is 15.3. The molecular weight excluding hydrogens is 1000 g/mol. The smallest absolute Gasteiger partial charge is 0.414 e. The van der Waals surface area contributed by atoms with Crippen LogP contribution in [0.2, 0.25) is 0 Å². The summed E-state index contributed by atoms with van der Waals surface area (Å²) in [4.78, 5) is 89.8. The van der Waals surface area contributed by atoms with Crippen molar-refractivity contribution in [2.24, 2.45) is 23.7 Å². The second kappa shape index (κ2) is 22.8. The van der Waals surface area contributed by atoms with Crippen LogP contribution in [0.15, 0.2) is 78.0 Å². The number of carbonyl (C=O) groups is 5. The molecule has 9 rings (SSSR count). The number of nitro groups is 1. The third-order valence-electron chi connectivity index (χ3n) is 15.2. The van der Waals surface area contributed by atoms with E-state index in [9.17, 15) is 44.6 Å². The molecule has 0 saturated carbocycles. The average Bonchev–Trinajstić information content (AvgIpc) is 4.23. The van der Waals surface area contributed by atoms with Gasteiger partial charge in [0.25, 0.3) is 11.7 Å². The lowest BCUT2D eigenvalue weighted by Gasteiger charge is -2.39. The number of aromatic nitrogens is 2. The van der Waals surface area contributed by atoms with Gasteiger partial charge in [0.1, 0.15) is 47.9 Å². The molecule has 1 amide bonds. The number of esters is 1. The van der Waals surface area contributed by atoms with Crippen molar-refractivity contribution in [3.05, 3.63) is 121 Å². The highest BCUT2D eigenvalue weighted by Gasteiger charge is 2.53. The first-order valence-corrected chi connectivity index (χ1v) is 25.6. The summed E-state index contributed by atoms with van der Waals surface area (Å²) in [5.41, 5.74) is 0.287. The van der Waals surface area contributed by atoms with Gasteiger partial charge >= 0.3 is 23.6 Å². The van der Waals surface area contributed by atoms with Crippen molar-refractivity contribution in [3.8, 4) is 17.5 Å². The van der Waals surface area contributed by atoms with Crippen LogP contribution < -0.4 is 14.8 Å². The highest BCUT2D eigenvalue weighted by molar-refractivity contribution is 6.32. The molecule has 10 atom stereocenters. The van der Waals surface area contributed by atoms with E-state index in [1.807, 2.05) is 24.3 Å². The van der Waals surface area contributed by atoms with E-state index >= 15 is 4.79 Å². The lowest BCUT2D eigenvalue weighted by Crippen LogP contribution is -2.49. The lowest BCUT2D eigenvalue weighted by atomic mass is 9.78. The fourth-order valence-electron chi connectivity index (χ4n) is 10.6. The fourth-order valence-corrected chi connectivity index (χ4v) is 10.6. The topological polar surface area (TPSA) is 281 Å². The molecule has 4 N–H and O–H groups in total. The number of nitrogens with one attached hydrogen (secondary N) is 1. The summed E-state index contributed by atoms with van der Waals surface area (Å²) in [5, 5.41) is 48.7. The van der Waals surface area contributed by atoms with Gasteiger partial charge in [-0.05, 0) is 36.0 Å². The Kier molecular flexibility index (Phi) is 16.6. The molecular formula is C55H66N6O16. The minimum atomic E-state index is -2.13. The normalized spacial score (nSPS) is 29.8. The first-order valence-electron chi connectivity index (χ1n) is 25.6. The summed E-state index contributed by atoms with van der Waals surface area (Å²) < 4.78 is 37.0. The van der Waals surface area contributed by atoms with E-state index in [0.29, 0.717) is 26.2 Å². The van der Waals surface area contributed by atoms with Crippen LogP contribution in [0.4, 0.5) is 5.82 Å². The monoisotopic (exact) mass is 1070 g/mol. The summed E-state index contributed by atoms with van der Waals surface area (Å²) >= 11 is 0. The molecule has 1 unspecified atom stereocenters. The number of carbonyl (C=O) groups excluding carboxylic acids is 5. The van der Waals surface area contributed by atoms with E-state index in [0.717, 1.165) is 11.1 Å². The number of aliphatic hydroxyl groups is 2. The Labute approximate surface area is 445 Å². The zero-order valence-electron chi connectivity index (χ0n) is 44.5. The van der Waals surface area contributed by atoms with E-state index in [1.165, 1.54) is 59.4 Å². The number of ketones is 3. The van der Waals surface area contributed by atoms with Crippen LogP contribution in [0, 0.1) is 40.7 Å². The van der Waals surface area contributed by atoms with Crippen molar-refractivity contribution < 1.29 is 72.6 Å². The van der Waals surface area contributed by atoms with Crippen molar-refractivity contribution in [2.75, 3.05) is 39.9 Å². The minimum absolute atomic E-state index is 0.0205. The molecule has 22 heteroatoms. The number of benzene rings is 2. The molecule has 0 radical (unpaired) electrons. The predicted octanol–water partition coefficient (Wildman–Crippen LogP) is 4.86. The third kappa shape index (κ3) is 11.3. The van der Waals surface area contributed by atoms with E-state index < -0.39 is 105 Å². The Morgan fingerprint density at radius 3 is 2.29 bits per heavy atom. The van der Waals surface area contributed by atoms with Crippen LogP contribution >= 0.6 is 0 Å². The highest BCUT2D eigenvalue weighted by atomic mass is 16.7. The molecule has 3 aromatic rings. The predicted molar refractivity (Wildman–Crippen MR) is 274 cm³/mol. The number of amides is 1. The van der Waals surface area contributed by atoms with Crippen LogP contribution in [0.3, 0.4) is 0 Å². The van der Waals surface area contributed by atoms with E-state index in [1.54, 1.807) is 49.3 Å². The lowest BCUT2D eigenvalue weighted by molar-refractivity contribution is -0.389. The van der Waals surface area contributed by atoms with Gasteiger partial charge in [-0.1, -0.05) is 70.2 Å². The molecule has 5 bridgehead atoms. The van der Waals surface area contributed by atoms with Gasteiger partial charge in [0.05, 0.1) is 54.4 Å². The Morgan fingerprint density at radius 2 is 1.62 bits per heavy atom. The number of methoxy groups -OCH3 is 1. The molecule has 77 heavy (non-hydrogen) atoms. The number of fused-ring (bicyclic) bond motifs is 15. The minimum Gasteiger partial charge on any atom is -0.507 e. The first-order chi connectivity index (χ1) is 36.5. The van der Waals surface area contributed by atoms with Crippen molar-refractivity contribution in [3.63, 3.8) is 0 Å². The van der Waals surface area contributed by atoms with Crippen LogP contribution in [0.1, 0.15) is 96.2 Å². The Morgan fingerprint density at radius 1 is 0.935 bits per heavy atom. The zero-order valence-corrected chi connectivity index (χ0v) is 44.5. The summed E-state index contributed by atoms with van der Waals surface area (Å²) in [5.74, 6) is -9.72. The number of phenols is 1. The van der Waals surface area contributed by atoms with Crippen molar-refractivity contribution in [2.45, 2.75) is 111 Å². The number of hydrogen-bond donors (Lipinski definition) is 4. The molecule has 1 saturated heterocycles. The van der Waals surface area contributed by atoms with E-state index in [4.69, 9.17) is 28.4 Å². The molecule has 22 nitrogen and oxygen atoms in total. The molecule has 2 aromatic carbocycles. The number of piperazine rings is 1. The second-order valence-corrected chi connectivity index (χ2v) is 20.6. The number of rotatable bonds is 9. The van der Waals surface area contributed by atoms with Gasteiger partial charge < -0.3 is 64.1 Å². The fraction of sp³-hybridized carbons (Fsp3) is 0.491. The number of ether oxygens (including phenoxy) is 6. The van der Waals surface area contributed by atoms with E-state index in [-0.39, 0.29) is 78.1 Å². The van der Waals surface area contributed by atoms with Crippen LogP contribution in [-0.2, 0) is 48.2 Å². The number of phenolic OH excluding ortho intramolecular Hbond substituents is 1. The average molecular weight is 1070 g/mol. The van der Waals surface area contributed by atoms with Gasteiger partial charge in [-0.2, -0.15) is 0 Å². The van der Waals surface area contributed by atoms with Gasteiger partial charge in [0.2, 0.25) is 11.6 Å². The van der Waals surface area contributed by atoms with Crippen LogP contribution in [-0.4, -0.2) is 145 Å². The third-order valence-corrected chi connectivity index (χ3v) is 15.2. The van der Waals surface area contributed by atoms with Gasteiger partial charge in [-0.15, -0.1) is 0 Å². The molecule has 412 valence electrons. The molecule has 0 spiro atoms. The van der Waals surface area contributed by atoms with Gasteiger partial charge in [0, 0.05) is 93.5 Å². The first kappa shape index (κ1) is 56.0. The summed E-state index contributed by atoms with van der Waals surface area (Å²) in [6, 6.07) is 8.02. The number of allylic oxidation sites excluding steroid dienone is 4. The maximum atomic E-state index is 15.3.